The molecule has 18 heavy (non-hydrogen) atoms. The van der Waals surface area contributed by atoms with E-state index in [9.17, 15) is 9.59 Å². The first kappa shape index (κ1) is 12.6. The van der Waals surface area contributed by atoms with Crippen LogP contribution in [0.15, 0.2) is 18.2 Å². The van der Waals surface area contributed by atoms with Crippen molar-refractivity contribution >= 4 is 17.5 Å². The van der Waals surface area contributed by atoms with Crippen LogP contribution in [0.3, 0.4) is 0 Å². The van der Waals surface area contributed by atoms with Crippen LogP contribution in [0.4, 0.5) is 5.69 Å². The molecule has 1 aromatic rings. The van der Waals surface area contributed by atoms with Crippen LogP contribution in [-0.2, 0) is 9.59 Å². The number of nitrogens with one attached hydrogen (secondary N) is 1. The molecule has 1 aromatic carbocycles. The molecule has 0 saturated carbocycles. The molecule has 96 valence electrons. The van der Waals surface area contributed by atoms with Gasteiger partial charge in [0.1, 0.15) is 0 Å². The molecular formula is C13H17N3O2. The van der Waals surface area contributed by atoms with E-state index < -0.39 is 0 Å². The minimum atomic E-state index is -0.358. The standard InChI is InChI=1S/C13H17N3O2/c1-8-3-9(2)5-11(4-8)16-7-10(6-12(16)17)13(18)15-14/h3-5,10H,6-7,14H2,1-2H3,(H,15,18). The summed E-state index contributed by atoms with van der Waals surface area (Å²) in [6, 6.07) is 5.95. The number of rotatable bonds is 2. The van der Waals surface area contributed by atoms with Crippen molar-refractivity contribution in [1.82, 2.24) is 5.43 Å². The minimum absolute atomic E-state index is 0.0337. The van der Waals surface area contributed by atoms with Gasteiger partial charge < -0.3 is 4.90 Å². The molecule has 0 bridgehead atoms. The van der Waals surface area contributed by atoms with Crippen molar-refractivity contribution in [3.63, 3.8) is 0 Å². The van der Waals surface area contributed by atoms with E-state index in [4.69, 9.17) is 5.84 Å². The Bertz CT molecular complexity index is 479. The van der Waals surface area contributed by atoms with Crippen LogP contribution in [-0.4, -0.2) is 18.4 Å². The summed E-state index contributed by atoms with van der Waals surface area (Å²) in [5.74, 6) is 4.43. The van der Waals surface area contributed by atoms with Crippen LogP contribution in [0.1, 0.15) is 17.5 Å². The van der Waals surface area contributed by atoms with Crippen molar-refractivity contribution < 1.29 is 9.59 Å². The van der Waals surface area contributed by atoms with E-state index in [2.05, 4.69) is 5.43 Å². The molecule has 5 nitrogen and oxygen atoms in total. The lowest BCUT2D eigenvalue weighted by Crippen LogP contribution is -2.37. The number of hydrazine groups is 1. The van der Waals surface area contributed by atoms with Crippen LogP contribution in [0.5, 0.6) is 0 Å². The number of nitrogens with two attached hydrogens (primary N) is 1. The predicted molar refractivity (Wildman–Crippen MR) is 68.7 cm³/mol. The van der Waals surface area contributed by atoms with Crippen molar-refractivity contribution in [1.29, 1.82) is 0 Å². The first-order chi connectivity index (χ1) is 8.51. The molecular weight excluding hydrogens is 230 g/mol. The van der Waals surface area contributed by atoms with Gasteiger partial charge in [0, 0.05) is 18.7 Å². The zero-order chi connectivity index (χ0) is 13.3. The quantitative estimate of drug-likeness (QED) is 0.457. The third-order valence-electron chi connectivity index (χ3n) is 3.16. The lowest BCUT2D eigenvalue weighted by Gasteiger charge is -2.17. The van der Waals surface area contributed by atoms with Gasteiger partial charge in [0.25, 0.3) is 0 Å². The Balaban J connectivity index is 2.24. The number of benzene rings is 1. The number of carbonyl (C=O) groups excluding carboxylic acids is 2. The predicted octanol–water partition coefficient (Wildman–Crippen LogP) is 0.646. The van der Waals surface area contributed by atoms with Crippen molar-refractivity contribution in [3.05, 3.63) is 29.3 Å². The van der Waals surface area contributed by atoms with E-state index in [1.54, 1.807) is 4.90 Å². The molecule has 1 unspecified atom stereocenters. The van der Waals surface area contributed by atoms with Gasteiger partial charge in [-0.2, -0.15) is 0 Å². The molecule has 0 spiro atoms. The van der Waals surface area contributed by atoms with Crippen LogP contribution < -0.4 is 16.2 Å². The molecule has 1 heterocycles. The maximum Gasteiger partial charge on any atom is 0.239 e. The van der Waals surface area contributed by atoms with Gasteiger partial charge in [0.05, 0.1) is 5.92 Å². The number of anilines is 1. The maximum atomic E-state index is 11.9. The molecule has 0 aliphatic carbocycles. The monoisotopic (exact) mass is 247 g/mol. The normalized spacial score (nSPS) is 19.2. The summed E-state index contributed by atoms with van der Waals surface area (Å²) in [5.41, 5.74) is 5.16. The SMILES string of the molecule is Cc1cc(C)cc(N2CC(C(=O)NN)CC2=O)c1. The summed E-state index contributed by atoms with van der Waals surface area (Å²) in [6.45, 7) is 4.37. The average Bonchev–Trinajstić information content (AvgIpc) is 2.69. The summed E-state index contributed by atoms with van der Waals surface area (Å²) in [5, 5.41) is 0. The number of nitrogens with zero attached hydrogens (tertiary/aromatic N) is 1. The van der Waals surface area contributed by atoms with E-state index in [-0.39, 0.29) is 24.2 Å². The molecule has 1 aliphatic rings. The second-order valence-electron chi connectivity index (χ2n) is 4.76. The number of aryl methyl sites for hydroxylation is 2. The van der Waals surface area contributed by atoms with Crippen LogP contribution in [0, 0.1) is 19.8 Å². The summed E-state index contributed by atoms with van der Waals surface area (Å²) < 4.78 is 0. The second kappa shape index (κ2) is 4.78. The fraction of sp³-hybridized carbons (Fsp3) is 0.385. The Labute approximate surface area is 106 Å². The largest absolute Gasteiger partial charge is 0.312 e. The van der Waals surface area contributed by atoms with Gasteiger partial charge in [-0.15, -0.1) is 0 Å². The van der Waals surface area contributed by atoms with Gasteiger partial charge in [-0.05, 0) is 37.1 Å². The molecule has 2 amide bonds. The fourth-order valence-electron chi connectivity index (χ4n) is 2.36. The van der Waals surface area contributed by atoms with E-state index in [0.717, 1.165) is 16.8 Å². The van der Waals surface area contributed by atoms with Gasteiger partial charge in [-0.1, -0.05) is 6.07 Å². The third kappa shape index (κ3) is 2.36. The third-order valence-corrected chi connectivity index (χ3v) is 3.16. The van der Waals surface area contributed by atoms with E-state index >= 15 is 0 Å². The van der Waals surface area contributed by atoms with E-state index in [0.29, 0.717) is 6.54 Å². The van der Waals surface area contributed by atoms with Crippen LogP contribution >= 0.6 is 0 Å². The Kier molecular flexibility index (Phi) is 3.34. The van der Waals surface area contributed by atoms with Gasteiger partial charge in [0.15, 0.2) is 0 Å². The van der Waals surface area contributed by atoms with Crippen LogP contribution in [0.25, 0.3) is 0 Å². The highest BCUT2D eigenvalue weighted by Gasteiger charge is 2.34. The van der Waals surface area contributed by atoms with Crippen LogP contribution in [0.2, 0.25) is 0 Å². The molecule has 3 N–H and O–H groups in total. The number of hydrogen-bond donors (Lipinski definition) is 2. The van der Waals surface area contributed by atoms with Crippen molar-refractivity contribution in [2.45, 2.75) is 20.3 Å². The number of hydrogen-bond acceptors (Lipinski definition) is 3. The number of carbonyl (C=O) groups is 2. The molecule has 1 fully saturated rings. The molecule has 5 heteroatoms. The molecule has 0 radical (unpaired) electrons. The Hall–Kier alpha value is -1.88. The summed E-state index contributed by atoms with van der Waals surface area (Å²) in [6.07, 6.45) is 0.218. The zero-order valence-electron chi connectivity index (χ0n) is 10.6. The van der Waals surface area contributed by atoms with Crippen molar-refractivity contribution in [3.8, 4) is 0 Å². The lowest BCUT2D eigenvalue weighted by atomic mass is 10.1. The zero-order valence-corrected chi connectivity index (χ0v) is 10.6. The van der Waals surface area contributed by atoms with Gasteiger partial charge in [-0.25, -0.2) is 5.84 Å². The molecule has 1 saturated heterocycles. The lowest BCUT2D eigenvalue weighted by molar-refractivity contribution is -0.126. The Morgan fingerprint density at radius 1 is 1.33 bits per heavy atom. The second-order valence-corrected chi connectivity index (χ2v) is 4.76. The smallest absolute Gasteiger partial charge is 0.239 e. The minimum Gasteiger partial charge on any atom is -0.312 e. The molecule has 1 atom stereocenters. The maximum absolute atomic E-state index is 11.9. The average molecular weight is 247 g/mol. The van der Waals surface area contributed by atoms with Gasteiger partial charge in [0.2, 0.25) is 11.8 Å². The molecule has 1 aliphatic heterocycles. The highest BCUT2D eigenvalue weighted by atomic mass is 16.2. The molecule has 2 rings (SSSR count). The summed E-state index contributed by atoms with van der Waals surface area (Å²) >= 11 is 0. The van der Waals surface area contributed by atoms with Crippen molar-refractivity contribution in [2.75, 3.05) is 11.4 Å². The topological polar surface area (TPSA) is 75.4 Å². The Morgan fingerprint density at radius 2 is 1.94 bits per heavy atom. The first-order valence-electron chi connectivity index (χ1n) is 5.90. The van der Waals surface area contributed by atoms with Gasteiger partial charge in [-0.3, -0.25) is 15.0 Å². The Morgan fingerprint density at radius 3 is 2.50 bits per heavy atom. The number of amides is 2. The fourth-order valence-corrected chi connectivity index (χ4v) is 2.36. The van der Waals surface area contributed by atoms with E-state index in [1.165, 1.54) is 0 Å². The highest BCUT2D eigenvalue weighted by molar-refractivity contribution is 6.00. The summed E-state index contributed by atoms with van der Waals surface area (Å²) in [7, 11) is 0. The summed E-state index contributed by atoms with van der Waals surface area (Å²) in [4.78, 5) is 25.0. The first-order valence-corrected chi connectivity index (χ1v) is 5.90. The van der Waals surface area contributed by atoms with Crippen molar-refractivity contribution in [2.24, 2.45) is 11.8 Å². The van der Waals surface area contributed by atoms with E-state index in [1.807, 2.05) is 32.0 Å². The molecule has 0 aromatic heterocycles. The highest BCUT2D eigenvalue weighted by Crippen LogP contribution is 2.26. The van der Waals surface area contributed by atoms with Gasteiger partial charge >= 0.3 is 0 Å².